The zero-order valence-electron chi connectivity index (χ0n) is 13.4. The van der Waals surface area contributed by atoms with Crippen LogP contribution in [-0.2, 0) is 9.59 Å². The van der Waals surface area contributed by atoms with Gasteiger partial charge in [-0.1, -0.05) is 40.9 Å². The van der Waals surface area contributed by atoms with E-state index in [2.05, 4.69) is 5.32 Å². The number of hydrogen-bond donors (Lipinski definition) is 1. The quantitative estimate of drug-likeness (QED) is 0.761. The first kappa shape index (κ1) is 17.8. The van der Waals surface area contributed by atoms with Gasteiger partial charge in [0.05, 0.1) is 10.6 Å². The van der Waals surface area contributed by atoms with E-state index >= 15 is 0 Å². The van der Waals surface area contributed by atoms with Gasteiger partial charge in [-0.05, 0) is 42.8 Å². The first-order valence-electron chi connectivity index (χ1n) is 7.35. The molecule has 0 fully saturated rings. The monoisotopic (exact) mass is 394 g/mol. The molecule has 7 heteroatoms. The minimum atomic E-state index is -0.430. The number of likely N-dealkylation sites (N-methyl/N-ethyl adjacent to an activating group) is 1. The van der Waals surface area contributed by atoms with Crippen molar-refractivity contribution in [1.29, 1.82) is 0 Å². The van der Waals surface area contributed by atoms with Crippen molar-refractivity contribution in [2.24, 2.45) is 0 Å². The number of anilines is 1. The van der Waals surface area contributed by atoms with Crippen LogP contribution in [0.15, 0.2) is 42.1 Å². The van der Waals surface area contributed by atoms with E-state index in [1.807, 2.05) is 6.92 Å². The summed E-state index contributed by atoms with van der Waals surface area (Å²) in [4.78, 5) is 26.2. The topological polar surface area (TPSA) is 49.4 Å². The highest BCUT2D eigenvalue weighted by atomic mass is 35.5. The van der Waals surface area contributed by atoms with Crippen LogP contribution in [0.5, 0.6) is 0 Å². The highest BCUT2D eigenvalue weighted by Gasteiger charge is 2.37. The maximum atomic E-state index is 12.6. The number of carbonyl (C=O) groups is 2. The Hall–Kier alpha value is -2.01. The molecule has 4 nitrogen and oxygen atoms in total. The van der Waals surface area contributed by atoms with Gasteiger partial charge in [-0.2, -0.15) is 0 Å². The van der Waals surface area contributed by atoms with Crippen LogP contribution in [0, 0.1) is 6.92 Å². The van der Waals surface area contributed by atoms with Crippen molar-refractivity contribution in [3.05, 3.63) is 68.3 Å². The predicted molar refractivity (Wildman–Crippen MR) is 101 cm³/mol. The van der Waals surface area contributed by atoms with Gasteiger partial charge in [0.2, 0.25) is 0 Å². The Morgan fingerprint density at radius 3 is 2.20 bits per heavy atom. The molecule has 0 bridgehead atoms. The fourth-order valence-corrected chi connectivity index (χ4v) is 3.33. The number of carbonyl (C=O) groups excluding carboxylic acids is 2. The predicted octanol–water partition coefficient (Wildman–Crippen LogP) is 4.78. The van der Waals surface area contributed by atoms with Crippen molar-refractivity contribution in [1.82, 2.24) is 4.90 Å². The average Bonchev–Trinajstić information content (AvgIpc) is 2.75. The molecule has 0 spiro atoms. The van der Waals surface area contributed by atoms with E-state index in [9.17, 15) is 9.59 Å². The zero-order chi connectivity index (χ0) is 18.3. The molecule has 0 aromatic heterocycles. The van der Waals surface area contributed by atoms with E-state index in [1.54, 1.807) is 30.3 Å². The molecule has 0 atom stereocenters. The smallest absolute Gasteiger partial charge is 0.277 e. The minimum absolute atomic E-state index is 0.169. The second-order valence-electron chi connectivity index (χ2n) is 5.63. The Balaban J connectivity index is 2.15. The summed E-state index contributed by atoms with van der Waals surface area (Å²) >= 11 is 18.1. The molecule has 2 aromatic carbocycles. The Morgan fingerprint density at radius 1 is 0.920 bits per heavy atom. The van der Waals surface area contributed by atoms with Gasteiger partial charge >= 0.3 is 0 Å². The Kier molecular flexibility index (Phi) is 4.78. The summed E-state index contributed by atoms with van der Waals surface area (Å²) in [5.74, 6) is -0.858. The number of nitrogens with one attached hydrogen (secondary N) is 1. The van der Waals surface area contributed by atoms with E-state index in [-0.39, 0.29) is 11.3 Å². The molecule has 2 amide bonds. The number of aryl methyl sites for hydroxylation is 1. The van der Waals surface area contributed by atoms with Gasteiger partial charge in [0.15, 0.2) is 0 Å². The highest BCUT2D eigenvalue weighted by molar-refractivity contribution is 6.41. The van der Waals surface area contributed by atoms with E-state index in [1.165, 1.54) is 13.1 Å². The standard InChI is InChI=1S/C18H13Cl3N2O2/c1-9-7-10(19)4-6-14(9)22-16-15(17(24)23(2)18(16)25)12-5-3-11(20)8-13(12)21/h3-8,22H,1-2H3. The Bertz CT molecular complexity index is 938. The van der Waals surface area contributed by atoms with E-state index in [0.717, 1.165) is 10.5 Å². The van der Waals surface area contributed by atoms with Crippen molar-refractivity contribution in [2.45, 2.75) is 6.92 Å². The molecule has 0 saturated carbocycles. The van der Waals surface area contributed by atoms with Crippen LogP contribution in [0.25, 0.3) is 5.57 Å². The third kappa shape index (κ3) is 3.25. The van der Waals surface area contributed by atoms with Crippen molar-refractivity contribution in [2.75, 3.05) is 12.4 Å². The maximum absolute atomic E-state index is 12.6. The molecule has 0 aliphatic carbocycles. The zero-order valence-corrected chi connectivity index (χ0v) is 15.6. The van der Waals surface area contributed by atoms with Crippen LogP contribution in [-0.4, -0.2) is 23.8 Å². The van der Waals surface area contributed by atoms with E-state index < -0.39 is 11.8 Å². The lowest BCUT2D eigenvalue weighted by molar-refractivity contribution is -0.135. The summed E-state index contributed by atoms with van der Waals surface area (Å²) in [7, 11) is 1.43. The van der Waals surface area contributed by atoms with Gasteiger partial charge in [-0.3, -0.25) is 14.5 Å². The van der Waals surface area contributed by atoms with Gasteiger partial charge in [0.1, 0.15) is 5.70 Å². The van der Waals surface area contributed by atoms with Crippen molar-refractivity contribution in [3.63, 3.8) is 0 Å². The Labute approximate surface area is 160 Å². The molecule has 1 N–H and O–H groups in total. The average molecular weight is 396 g/mol. The lowest BCUT2D eigenvalue weighted by Crippen LogP contribution is -2.28. The number of rotatable bonds is 3. The third-order valence-corrected chi connectivity index (χ3v) is 4.72. The number of amides is 2. The van der Waals surface area contributed by atoms with Crippen LogP contribution in [0.3, 0.4) is 0 Å². The van der Waals surface area contributed by atoms with E-state index in [4.69, 9.17) is 34.8 Å². The summed E-state index contributed by atoms with van der Waals surface area (Å²) in [6.07, 6.45) is 0. The van der Waals surface area contributed by atoms with Crippen LogP contribution < -0.4 is 5.32 Å². The molecule has 0 saturated heterocycles. The summed E-state index contributed by atoms with van der Waals surface area (Å²) < 4.78 is 0. The fraction of sp³-hybridized carbons (Fsp3) is 0.111. The number of nitrogens with zero attached hydrogens (tertiary/aromatic N) is 1. The number of halogens is 3. The molecule has 128 valence electrons. The number of hydrogen-bond acceptors (Lipinski definition) is 3. The molecule has 0 radical (unpaired) electrons. The number of imide groups is 1. The Morgan fingerprint density at radius 2 is 1.56 bits per heavy atom. The van der Waals surface area contributed by atoms with E-state index in [0.29, 0.717) is 26.3 Å². The van der Waals surface area contributed by atoms with Crippen LogP contribution in [0.2, 0.25) is 15.1 Å². The van der Waals surface area contributed by atoms with Crippen molar-refractivity contribution < 1.29 is 9.59 Å². The minimum Gasteiger partial charge on any atom is -0.350 e. The van der Waals surface area contributed by atoms with Gasteiger partial charge in [0, 0.05) is 28.3 Å². The second kappa shape index (κ2) is 6.71. The largest absolute Gasteiger partial charge is 0.350 e. The van der Waals surface area contributed by atoms with Gasteiger partial charge in [-0.25, -0.2) is 0 Å². The highest BCUT2D eigenvalue weighted by Crippen LogP contribution is 2.35. The molecule has 1 aliphatic heterocycles. The summed E-state index contributed by atoms with van der Waals surface area (Å²) in [6, 6.07) is 10.0. The lowest BCUT2D eigenvalue weighted by atomic mass is 10.0. The van der Waals surface area contributed by atoms with Crippen LogP contribution in [0.4, 0.5) is 5.69 Å². The van der Waals surface area contributed by atoms with Crippen LogP contribution >= 0.6 is 34.8 Å². The molecule has 1 heterocycles. The molecular weight excluding hydrogens is 383 g/mol. The fourth-order valence-electron chi connectivity index (χ4n) is 2.60. The van der Waals surface area contributed by atoms with Gasteiger partial charge in [0.25, 0.3) is 11.8 Å². The summed E-state index contributed by atoms with van der Waals surface area (Å²) in [5, 5.41) is 4.39. The summed E-state index contributed by atoms with van der Waals surface area (Å²) in [6.45, 7) is 1.86. The van der Waals surface area contributed by atoms with Crippen molar-refractivity contribution in [3.8, 4) is 0 Å². The molecule has 25 heavy (non-hydrogen) atoms. The lowest BCUT2D eigenvalue weighted by Gasteiger charge is -2.12. The third-order valence-electron chi connectivity index (χ3n) is 3.94. The molecule has 3 rings (SSSR count). The molecule has 2 aromatic rings. The second-order valence-corrected chi connectivity index (χ2v) is 6.91. The van der Waals surface area contributed by atoms with Crippen LogP contribution in [0.1, 0.15) is 11.1 Å². The molecular formula is C18H13Cl3N2O2. The van der Waals surface area contributed by atoms with Gasteiger partial charge in [-0.15, -0.1) is 0 Å². The van der Waals surface area contributed by atoms with Gasteiger partial charge < -0.3 is 5.32 Å². The normalized spacial score (nSPS) is 14.5. The summed E-state index contributed by atoms with van der Waals surface area (Å²) in [5.41, 5.74) is 2.35. The molecule has 1 aliphatic rings. The first-order chi connectivity index (χ1) is 11.8. The SMILES string of the molecule is Cc1cc(Cl)ccc1NC1=C(c2ccc(Cl)cc2Cl)C(=O)N(C)C1=O. The molecule has 0 unspecified atom stereocenters. The first-order valence-corrected chi connectivity index (χ1v) is 8.48. The number of benzene rings is 2. The van der Waals surface area contributed by atoms with Crippen molar-refractivity contribution >= 4 is 57.9 Å². The maximum Gasteiger partial charge on any atom is 0.277 e.